The van der Waals surface area contributed by atoms with Crippen LogP contribution >= 0.6 is 0 Å². The van der Waals surface area contributed by atoms with Gasteiger partial charge in [0.25, 0.3) is 0 Å². The molecule has 0 aliphatic heterocycles. The highest BCUT2D eigenvalue weighted by atomic mass is 16.5. The zero-order valence-electron chi connectivity index (χ0n) is 14.6. The van der Waals surface area contributed by atoms with E-state index in [-0.39, 0.29) is 17.9 Å². The average Bonchev–Trinajstić information content (AvgIpc) is 2.54. The summed E-state index contributed by atoms with van der Waals surface area (Å²) in [6, 6.07) is 8.96. The van der Waals surface area contributed by atoms with Crippen LogP contribution in [0.25, 0.3) is 0 Å². The minimum Gasteiger partial charge on any atom is -0.462 e. The summed E-state index contributed by atoms with van der Waals surface area (Å²) in [5.41, 5.74) is 0.564. The number of benzene rings is 1. The molecular weight excluding hydrogens is 288 g/mol. The Morgan fingerprint density at radius 2 is 1.74 bits per heavy atom. The summed E-state index contributed by atoms with van der Waals surface area (Å²) in [6.07, 6.45) is 3.13. The summed E-state index contributed by atoms with van der Waals surface area (Å²) < 4.78 is 5.78. The molecule has 3 heteroatoms. The van der Waals surface area contributed by atoms with Crippen molar-refractivity contribution in [1.29, 1.82) is 0 Å². The Morgan fingerprint density at radius 3 is 2.35 bits per heavy atom. The van der Waals surface area contributed by atoms with Gasteiger partial charge >= 0.3 is 5.97 Å². The van der Waals surface area contributed by atoms with Gasteiger partial charge in [-0.05, 0) is 37.5 Å². The second-order valence-electron chi connectivity index (χ2n) is 7.25. The lowest BCUT2D eigenvalue weighted by molar-refractivity contribution is -0.158. The van der Waals surface area contributed by atoms with Crippen LogP contribution in [0, 0.1) is 23.7 Å². The second-order valence-corrected chi connectivity index (χ2v) is 7.25. The SMILES string of the molecule is CC(C)[C@H]1CC[C@@H](C)C[C@@H]1OC(=O)[C@@H](C)C(=O)c1ccccc1. The van der Waals surface area contributed by atoms with E-state index in [2.05, 4.69) is 20.8 Å². The molecule has 1 fully saturated rings. The number of hydrogen-bond acceptors (Lipinski definition) is 3. The van der Waals surface area contributed by atoms with Crippen LogP contribution in [-0.4, -0.2) is 17.9 Å². The summed E-state index contributed by atoms with van der Waals surface area (Å²) in [5, 5.41) is 0. The third-order valence-electron chi connectivity index (χ3n) is 5.03. The Bertz CT molecular complexity index is 535. The molecule has 4 atom stereocenters. The van der Waals surface area contributed by atoms with Crippen LogP contribution in [0.1, 0.15) is 57.3 Å². The Hall–Kier alpha value is -1.64. The van der Waals surface area contributed by atoms with Gasteiger partial charge in [0.1, 0.15) is 12.0 Å². The molecule has 1 saturated carbocycles. The van der Waals surface area contributed by atoms with E-state index in [1.165, 1.54) is 6.42 Å². The first-order valence-electron chi connectivity index (χ1n) is 8.70. The van der Waals surface area contributed by atoms with Gasteiger partial charge in [0.2, 0.25) is 0 Å². The van der Waals surface area contributed by atoms with E-state index >= 15 is 0 Å². The predicted octanol–water partition coefficient (Wildman–Crippen LogP) is 4.51. The minimum atomic E-state index is -0.748. The molecule has 126 valence electrons. The molecule has 1 aliphatic carbocycles. The first-order valence-corrected chi connectivity index (χ1v) is 8.70. The lowest BCUT2D eigenvalue weighted by atomic mass is 9.75. The van der Waals surface area contributed by atoms with E-state index in [1.54, 1.807) is 19.1 Å². The van der Waals surface area contributed by atoms with E-state index < -0.39 is 5.92 Å². The summed E-state index contributed by atoms with van der Waals surface area (Å²) in [4.78, 5) is 24.9. The number of hydrogen-bond donors (Lipinski definition) is 0. The van der Waals surface area contributed by atoms with Crippen LogP contribution in [0.4, 0.5) is 0 Å². The summed E-state index contributed by atoms with van der Waals surface area (Å²) in [6.45, 7) is 8.21. The number of esters is 1. The Kier molecular flexibility index (Phi) is 5.97. The number of ether oxygens (including phenoxy) is 1. The monoisotopic (exact) mass is 316 g/mol. The Balaban J connectivity index is 2.03. The largest absolute Gasteiger partial charge is 0.462 e. The summed E-state index contributed by atoms with van der Waals surface area (Å²) >= 11 is 0. The average molecular weight is 316 g/mol. The van der Waals surface area contributed by atoms with Crippen LogP contribution in [0.2, 0.25) is 0 Å². The molecule has 0 unspecified atom stereocenters. The third kappa shape index (κ3) is 4.43. The fraction of sp³-hybridized carbons (Fsp3) is 0.600. The molecule has 0 N–H and O–H groups in total. The van der Waals surface area contributed by atoms with E-state index in [1.807, 2.05) is 18.2 Å². The quantitative estimate of drug-likeness (QED) is 0.456. The van der Waals surface area contributed by atoms with Crippen molar-refractivity contribution < 1.29 is 14.3 Å². The van der Waals surface area contributed by atoms with Gasteiger partial charge in [-0.3, -0.25) is 9.59 Å². The highest BCUT2D eigenvalue weighted by molar-refractivity contribution is 6.08. The second kappa shape index (κ2) is 7.76. The first-order chi connectivity index (χ1) is 10.9. The molecule has 1 aliphatic rings. The number of Topliss-reactive ketones (excluding diaryl/α,β-unsaturated/α-hetero) is 1. The molecular formula is C20H28O3. The van der Waals surface area contributed by atoms with Crippen molar-refractivity contribution >= 4 is 11.8 Å². The Labute approximate surface area is 139 Å². The highest BCUT2D eigenvalue weighted by Gasteiger charge is 2.35. The maximum Gasteiger partial charge on any atom is 0.316 e. The lowest BCUT2D eigenvalue weighted by Crippen LogP contribution is -2.38. The van der Waals surface area contributed by atoms with Gasteiger partial charge in [-0.2, -0.15) is 0 Å². The zero-order chi connectivity index (χ0) is 17.0. The van der Waals surface area contributed by atoms with E-state index in [4.69, 9.17) is 4.74 Å². The number of ketones is 1. The molecule has 1 aromatic carbocycles. The lowest BCUT2D eigenvalue weighted by Gasteiger charge is -2.37. The topological polar surface area (TPSA) is 43.4 Å². The van der Waals surface area contributed by atoms with Crippen molar-refractivity contribution in [3.05, 3.63) is 35.9 Å². The van der Waals surface area contributed by atoms with Gasteiger partial charge < -0.3 is 4.74 Å². The van der Waals surface area contributed by atoms with Gasteiger partial charge in [0.05, 0.1) is 0 Å². The van der Waals surface area contributed by atoms with Crippen LogP contribution in [0.5, 0.6) is 0 Å². The molecule has 23 heavy (non-hydrogen) atoms. The minimum absolute atomic E-state index is 0.0581. The van der Waals surface area contributed by atoms with E-state index in [9.17, 15) is 9.59 Å². The number of rotatable bonds is 5. The molecule has 0 heterocycles. The molecule has 1 aromatic rings. The fourth-order valence-corrected chi connectivity index (χ4v) is 3.46. The van der Waals surface area contributed by atoms with Gasteiger partial charge in [-0.1, -0.05) is 57.5 Å². The van der Waals surface area contributed by atoms with Crippen molar-refractivity contribution in [2.75, 3.05) is 0 Å². The molecule has 0 saturated heterocycles. The predicted molar refractivity (Wildman–Crippen MR) is 91.2 cm³/mol. The van der Waals surface area contributed by atoms with E-state index in [0.29, 0.717) is 23.3 Å². The van der Waals surface area contributed by atoms with Crippen LogP contribution in [-0.2, 0) is 9.53 Å². The smallest absolute Gasteiger partial charge is 0.316 e. The Morgan fingerprint density at radius 1 is 1.09 bits per heavy atom. The molecule has 0 amide bonds. The van der Waals surface area contributed by atoms with Crippen molar-refractivity contribution in [3.63, 3.8) is 0 Å². The molecule has 2 rings (SSSR count). The van der Waals surface area contributed by atoms with Gasteiger partial charge in [-0.25, -0.2) is 0 Å². The normalized spacial score (nSPS) is 25.9. The highest BCUT2D eigenvalue weighted by Crippen LogP contribution is 2.35. The molecule has 3 nitrogen and oxygen atoms in total. The maximum atomic E-state index is 12.5. The van der Waals surface area contributed by atoms with Gasteiger partial charge in [-0.15, -0.1) is 0 Å². The molecule has 0 radical (unpaired) electrons. The first kappa shape index (κ1) is 17.7. The third-order valence-corrected chi connectivity index (χ3v) is 5.03. The number of carbonyl (C=O) groups is 2. The van der Waals surface area contributed by atoms with Crippen LogP contribution < -0.4 is 0 Å². The van der Waals surface area contributed by atoms with E-state index in [0.717, 1.165) is 12.8 Å². The molecule has 0 aromatic heterocycles. The van der Waals surface area contributed by atoms with Gasteiger partial charge in [0, 0.05) is 5.56 Å². The van der Waals surface area contributed by atoms with Crippen LogP contribution in [0.3, 0.4) is 0 Å². The summed E-state index contributed by atoms with van der Waals surface area (Å²) in [7, 11) is 0. The zero-order valence-corrected chi connectivity index (χ0v) is 14.6. The molecule has 0 bridgehead atoms. The van der Waals surface area contributed by atoms with Crippen molar-refractivity contribution in [1.82, 2.24) is 0 Å². The standard InChI is InChI=1S/C20H28O3/c1-13(2)17-11-10-14(3)12-18(17)23-20(22)15(4)19(21)16-8-6-5-7-9-16/h5-9,13-15,17-18H,10-12H2,1-4H3/t14-,15+,17-,18+/m1/s1. The van der Waals surface area contributed by atoms with Crippen LogP contribution in [0.15, 0.2) is 30.3 Å². The maximum absolute atomic E-state index is 12.5. The van der Waals surface area contributed by atoms with Crippen molar-refractivity contribution in [2.24, 2.45) is 23.7 Å². The van der Waals surface area contributed by atoms with Crippen molar-refractivity contribution in [3.8, 4) is 0 Å². The van der Waals surface area contributed by atoms with Crippen molar-refractivity contribution in [2.45, 2.75) is 53.1 Å². The summed E-state index contributed by atoms with van der Waals surface area (Å²) in [5.74, 6) is 0.157. The van der Waals surface area contributed by atoms with Gasteiger partial charge in [0.15, 0.2) is 5.78 Å². The fourth-order valence-electron chi connectivity index (χ4n) is 3.46. The molecule has 0 spiro atoms. The number of carbonyl (C=O) groups excluding carboxylic acids is 2.